The average Bonchev–Trinajstić information content (AvgIpc) is 3.12. The average molecular weight is 395 g/mol. The third-order valence-electron chi connectivity index (χ3n) is 4.32. The van der Waals surface area contributed by atoms with Gasteiger partial charge >= 0.3 is 0 Å². The van der Waals surface area contributed by atoms with Crippen molar-refractivity contribution in [1.29, 1.82) is 0 Å². The van der Waals surface area contributed by atoms with Gasteiger partial charge in [0.05, 0.1) is 34.4 Å². The highest BCUT2D eigenvalue weighted by atomic mass is 32.2. The summed E-state index contributed by atoms with van der Waals surface area (Å²) in [5, 5.41) is 9.71. The highest BCUT2D eigenvalue weighted by Crippen LogP contribution is 2.31. The van der Waals surface area contributed by atoms with Gasteiger partial charge in [-0.15, -0.1) is 0 Å². The maximum Gasteiger partial charge on any atom is 0.262 e. The van der Waals surface area contributed by atoms with E-state index in [1.165, 1.54) is 25.3 Å². The summed E-state index contributed by atoms with van der Waals surface area (Å²) in [7, 11) is -2.54. The smallest absolute Gasteiger partial charge is 0.262 e. The Balaban J connectivity index is 1.77. The van der Waals surface area contributed by atoms with Gasteiger partial charge in [0, 0.05) is 6.07 Å². The van der Waals surface area contributed by atoms with Crippen molar-refractivity contribution in [3.05, 3.63) is 73.1 Å². The number of hydrogen-bond acceptors (Lipinski definition) is 5. The minimum absolute atomic E-state index is 0.0209. The lowest BCUT2D eigenvalue weighted by Crippen LogP contribution is -2.14. The number of para-hydroxylation sites is 4. The molecule has 0 bridgehead atoms. The van der Waals surface area contributed by atoms with Crippen LogP contribution in [0.4, 0.5) is 5.69 Å². The topological polar surface area (TPSA) is 93.5 Å². The molecule has 0 saturated heterocycles. The molecule has 0 fully saturated rings. The summed E-state index contributed by atoms with van der Waals surface area (Å²) in [6.45, 7) is 0. The van der Waals surface area contributed by atoms with Gasteiger partial charge in [-0.1, -0.05) is 24.3 Å². The highest BCUT2D eigenvalue weighted by Gasteiger charge is 2.19. The molecule has 4 rings (SSSR count). The number of imidazole rings is 1. The molecule has 0 aliphatic heterocycles. The van der Waals surface area contributed by atoms with Crippen molar-refractivity contribution in [2.24, 2.45) is 0 Å². The largest absolute Gasteiger partial charge is 0.504 e. The first kappa shape index (κ1) is 17.9. The number of phenolic OH excluding ortho intramolecular Hbond substituents is 1. The van der Waals surface area contributed by atoms with Crippen LogP contribution in [0.1, 0.15) is 0 Å². The molecule has 28 heavy (non-hydrogen) atoms. The summed E-state index contributed by atoms with van der Waals surface area (Å²) in [6.07, 6.45) is 1.65. The Morgan fingerprint density at radius 1 is 1.04 bits per heavy atom. The molecule has 0 aliphatic rings. The standard InChI is InChI=1S/C20H17N3O4S/c1-27-20-12-14(10-11-19(20)24)28(25,26)22-16-7-3-5-9-18(16)23-13-21-15-6-2-4-8-17(15)23/h2-13,22,24H,1H3. The number of ether oxygens (including phenoxy) is 1. The van der Waals surface area contributed by atoms with Gasteiger partial charge in [0.2, 0.25) is 0 Å². The number of phenols is 1. The number of aromatic hydroxyl groups is 1. The van der Waals surface area contributed by atoms with Gasteiger partial charge < -0.3 is 9.84 Å². The van der Waals surface area contributed by atoms with Gasteiger partial charge in [0.1, 0.15) is 6.33 Å². The first-order chi connectivity index (χ1) is 13.5. The molecule has 3 aromatic carbocycles. The molecule has 0 radical (unpaired) electrons. The van der Waals surface area contributed by atoms with Crippen LogP contribution in [0.5, 0.6) is 11.5 Å². The van der Waals surface area contributed by atoms with Gasteiger partial charge in [-0.05, 0) is 36.4 Å². The second-order valence-corrected chi connectivity index (χ2v) is 7.74. The van der Waals surface area contributed by atoms with E-state index in [-0.39, 0.29) is 16.4 Å². The molecule has 142 valence electrons. The molecule has 0 spiro atoms. The molecule has 0 atom stereocenters. The van der Waals surface area contributed by atoms with Crippen LogP contribution in [0.3, 0.4) is 0 Å². The number of benzene rings is 3. The fourth-order valence-electron chi connectivity index (χ4n) is 2.95. The summed E-state index contributed by atoms with van der Waals surface area (Å²) < 4.78 is 35.2. The predicted molar refractivity (Wildman–Crippen MR) is 107 cm³/mol. The lowest BCUT2D eigenvalue weighted by Gasteiger charge is -2.14. The number of fused-ring (bicyclic) bond motifs is 1. The third-order valence-corrected chi connectivity index (χ3v) is 5.69. The van der Waals surface area contributed by atoms with Crippen molar-refractivity contribution in [2.45, 2.75) is 4.90 Å². The number of methoxy groups -OCH3 is 1. The molecule has 1 aromatic heterocycles. The first-order valence-corrected chi connectivity index (χ1v) is 9.89. The second kappa shape index (κ2) is 6.90. The van der Waals surface area contributed by atoms with Crippen molar-refractivity contribution >= 4 is 26.7 Å². The van der Waals surface area contributed by atoms with Crippen molar-refractivity contribution < 1.29 is 18.3 Å². The maximum absolute atomic E-state index is 12.9. The van der Waals surface area contributed by atoms with Crippen LogP contribution in [-0.4, -0.2) is 30.2 Å². The Hall–Kier alpha value is -3.52. The minimum Gasteiger partial charge on any atom is -0.504 e. The van der Waals surface area contributed by atoms with Crippen LogP contribution < -0.4 is 9.46 Å². The summed E-state index contributed by atoms with van der Waals surface area (Å²) in [4.78, 5) is 4.34. The van der Waals surface area contributed by atoms with E-state index < -0.39 is 10.0 Å². The zero-order chi connectivity index (χ0) is 19.7. The van der Waals surface area contributed by atoms with E-state index >= 15 is 0 Å². The Labute approximate surface area is 161 Å². The van der Waals surface area contributed by atoms with Gasteiger partial charge in [-0.2, -0.15) is 0 Å². The number of sulfonamides is 1. The quantitative estimate of drug-likeness (QED) is 0.539. The lowest BCUT2D eigenvalue weighted by atomic mass is 10.2. The number of anilines is 1. The monoisotopic (exact) mass is 395 g/mol. The Morgan fingerprint density at radius 3 is 2.61 bits per heavy atom. The number of rotatable bonds is 5. The molecule has 7 nitrogen and oxygen atoms in total. The number of nitrogens with one attached hydrogen (secondary N) is 1. The normalized spacial score (nSPS) is 11.5. The molecule has 1 heterocycles. The van der Waals surface area contributed by atoms with Crippen LogP contribution in [0, 0.1) is 0 Å². The molecule has 0 amide bonds. The van der Waals surface area contributed by atoms with Crippen molar-refractivity contribution in [3.63, 3.8) is 0 Å². The van der Waals surface area contributed by atoms with E-state index in [0.29, 0.717) is 11.4 Å². The van der Waals surface area contributed by atoms with Crippen LogP contribution >= 0.6 is 0 Å². The van der Waals surface area contributed by atoms with Crippen LogP contribution in [0.25, 0.3) is 16.7 Å². The summed E-state index contributed by atoms with van der Waals surface area (Å²) >= 11 is 0. The Bertz CT molecular complexity index is 1270. The summed E-state index contributed by atoms with van der Waals surface area (Å²) in [6, 6.07) is 18.5. The van der Waals surface area contributed by atoms with Crippen molar-refractivity contribution in [2.75, 3.05) is 11.8 Å². The molecule has 0 aliphatic carbocycles. The first-order valence-electron chi connectivity index (χ1n) is 8.41. The van der Waals surface area contributed by atoms with Gasteiger partial charge in [0.15, 0.2) is 11.5 Å². The van der Waals surface area contributed by atoms with Gasteiger partial charge in [-0.25, -0.2) is 13.4 Å². The molecular weight excluding hydrogens is 378 g/mol. The molecule has 8 heteroatoms. The molecule has 4 aromatic rings. The molecule has 0 saturated carbocycles. The van der Waals surface area contributed by atoms with Gasteiger partial charge in [-0.3, -0.25) is 9.29 Å². The van der Waals surface area contributed by atoms with Gasteiger partial charge in [0.25, 0.3) is 10.0 Å². The number of aromatic nitrogens is 2. The predicted octanol–water partition coefficient (Wildman–Crippen LogP) is 3.54. The van der Waals surface area contributed by atoms with E-state index in [9.17, 15) is 13.5 Å². The van der Waals surface area contributed by atoms with Crippen LogP contribution in [0.2, 0.25) is 0 Å². The third kappa shape index (κ3) is 3.14. The fraction of sp³-hybridized carbons (Fsp3) is 0.0500. The lowest BCUT2D eigenvalue weighted by molar-refractivity contribution is 0.372. The van der Waals surface area contributed by atoms with Crippen LogP contribution in [0.15, 0.2) is 78.0 Å². The van der Waals surface area contributed by atoms with Crippen molar-refractivity contribution in [3.8, 4) is 17.2 Å². The zero-order valence-electron chi connectivity index (χ0n) is 14.9. The minimum atomic E-state index is -3.90. The SMILES string of the molecule is COc1cc(S(=O)(=O)Nc2ccccc2-n2cnc3ccccc32)ccc1O. The van der Waals surface area contributed by atoms with E-state index in [1.807, 2.05) is 41.0 Å². The fourth-order valence-corrected chi connectivity index (χ4v) is 4.04. The second-order valence-electron chi connectivity index (χ2n) is 6.06. The Kier molecular flexibility index (Phi) is 4.40. The number of hydrogen-bond donors (Lipinski definition) is 2. The van der Waals surface area contributed by atoms with E-state index in [2.05, 4.69) is 9.71 Å². The Morgan fingerprint density at radius 2 is 1.79 bits per heavy atom. The summed E-state index contributed by atoms with van der Waals surface area (Å²) in [5.41, 5.74) is 2.71. The summed E-state index contributed by atoms with van der Waals surface area (Å²) in [5.74, 6) is -0.0523. The highest BCUT2D eigenvalue weighted by molar-refractivity contribution is 7.92. The molecular formula is C20H17N3O4S. The number of nitrogens with zero attached hydrogens (tertiary/aromatic N) is 2. The van der Waals surface area contributed by atoms with E-state index in [4.69, 9.17) is 4.74 Å². The van der Waals surface area contributed by atoms with E-state index in [0.717, 1.165) is 11.0 Å². The molecule has 0 unspecified atom stereocenters. The van der Waals surface area contributed by atoms with Crippen LogP contribution in [-0.2, 0) is 10.0 Å². The zero-order valence-corrected chi connectivity index (χ0v) is 15.7. The van der Waals surface area contributed by atoms with E-state index in [1.54, 1.807) is 18.5 Å². The maximum atomic E-state index is 12.9. The van der Waals surface area contributed by atoms with Crippen molar-refractivity contribution in [1.82, 2.24) is 9.55 Å². The molecule has 2 N–H and O–H groups in total.